The largest absolute Gasteiger partial charge is 1.00 e. The SMILES string of the molecule is CN(C(=O)C1CC1)[C@H]1CC[C@H](CC(=O)[O-])CC1.[Li+]. The molecule has 0 aromatic carbocycles. The van der Waals surface area contributed by atoms with E-state index in [1.165, 1.54) is 0 Å². The second-order valence-electron chi connectivity index (χ2n) is 5.47. The molecule has 0 aromatic rings. The second-order valence-corrected chi connectivity index (χ2v) is 5.47. The molecule has 5 heteroatoms. The second kappa shape index (κ2) is 6.63. The zero-order valence-corrected chi connectivity index (χ0v) is 11.4. The summed E-state index contributed by atoms with van der Waals surface area (Å²) in [4.78, 5) is 24.3. The number of carboxylic acids is 1. The molecular weight excluding hydrogens is 225 g/mol. The summed E-state index contributed by atoms with van der Waals surface area (Å²) in [5, 5.41) is 10.5. The molecule has 0 spiro atoms. The van der Waals surface area contributed by atoms with Gasteiger partial charge in [-0.25, -0.2) is 0 Å². The first-order valence-electron chi connectivity index (χ1n) is 6.54. The predicted octanol–water partition coefficient (Wildman–Crippen LogP) is -2.44. The number of hydrogen-bond acceptors (Lipinski definition) is 3. The maximum Gasteiger partial charge on any atom is 1.00 e. The van der Waals surface area contributed by atoms with E-state index in [-0.39, 0.29) is 43.0 Å². The average Bonchev–Trinajstić information content (AvgIpc) is 3.11. The number of aliphatic carboxylic acids is 1. The zero-order chi connectivity index (χ0) is 12.4. The van der Waals surface area contributed by atoms with Crippen LogP contribution in [0, 0.1) is 11.8 Å². The van der Waals surface area contributed by atoms with Crippen LogP contribution < -0.4 is 24.0 Å². The Balaban J connectivity index is 0.00000162. The minimum absolute atomic E-state index is 0. The maximum absolute atomic E-state index is 11.9. The van der Waals surface area contributed by atoms with Gasteiger partial charge in [0.15, 0.2) is 0 Å². The fourth-order valence-electron chi connectivity index (χ4n) is 2.77. The van der Waals surface area contributed by atoms with Crippen molar-refractivity contribution in [2.75, 3.05) is 7.05 Å². The van der Waals surface area contributed by atoms with Crippen molar-refractivity contribution in [1.29, 1.82) is 0 Å². The Kier molecular flexibility index (Phi) is 5.74. The van der Waals surface area contributed by atoms with Crippen molar-refractivity contribution >= 4 is 11.9 Å². The van der Waals surface area contributed by atoms with Gasteiger partial charge in [0.1, 0.15) is 0 Å². The normalized spacial score (nSPS) is 27.2. The fraction of sp³-hybridized carbons (Fsp3) is 0.846. The minimum atomic E-state index is -0.948. The van der Waals surface area contributed by atoms with Gasteiger partial charge in [0.25, 0.3) is 0 Å². The van der Waals surface area contributed by atoms with Crippen LogP contribution in [0.4, 0.5) is 0 Å². The first-order chi connectivity index (χ1) is 8.08. The molecule has 18 heavy (non-hydrogen) atoms. The molecule has 0 saturated heterocycles. The molecule has 2 fully saturated rings. The van der Waals surface area contributed by atoms with Crippen LogP contribution >= 0.6 is 0 Å². The zero-order valence-electron chi connectivity index (χ0n) is 11.4. The number of carbonyl (C=O) groups excluding carboxylic acids is 2. The number of rotatable bonds is 4. The molecule has 2 aliphatic carbocycles. The summed E-state index contributed by atoms with van der Waals surface area (Å²) in [5.74, 6) is -0.133. The summed E-state index contributed by atoms with van der Waals surface area (Å²) in [5.41, 5.74) is 0. The molecular formula is C13H20LiNO3. The van der Waals surface area contributed by atoms with Crippen molar-refractivity contribution in [3.05, 3.63) is 0 Å². The van der Waals surface area contributed by atoms with Crippen LogP contribution in [0.15, 0.2) is 0 Å². The van der Waals surface area contributed by atoms with E-state index in [4.69, 9.17) is 0 Å². The Morgan fingerprint density at radius 2 is 1.67 bits per heavy atom. The number of carbonyl (C=O) groups is 2. The van der Waals surface area contributed by atoms with Gasteiger partial charge in [-0.2, -0.15) is 0 Å². The van der Waals surface area contributed by atoms with Crippen LogP contribution in [0.1, 0.15) is 44.9 Å². The summed E-state index contributed by atoms with van der Waals surface area (Å²) < 4.78 is 0. The molecule has 0 bridgehead atoms. The van der Waals surface area contributed by atoms with Crippen LogP contribution in [0.5, 0.6) is 0 Å². The van der Waals surface area contributed by atoms with Crippen LogP contribution in [0.3, 0.4) is 0 Å². The summed E-state index contributed by atoms with van der Waals surface area (Å²) >= 11 is 0. The third kappa shape index (κ3) is 4.03. The van der Waals surface area contributed by atoms with E-state index in [1.54, 1.807) is 0 Å². The van der Waals surface area contributed by atoms with Gasteiger partial charge < -0.3 is 14.8 Å². The van der Waals surface area contributed by atoms with Crippen molar-refractivity contribution in [3.8, 4) is 0 Å². The maximum atomic E-state index is 11.9. The Morgan fingerprint density at radius 3 is 2.11 bits per heavy atom. The van der Waals surface area contributed by atoms with Gasteiger partial charge in [-0.05, 0) is 50.9 Å². The van der Waals surface area contributed by atoms with Crippen LogP contribution in [-0.2, 0) is 9.59 Å². The van der Waals surface area contributed by atoms with Crippen molar-refractivity contribution in [3.63, 3.8) is 0 Å². The van der Waals surface area contributed by atoms with E-state index in [0.29, 0.717) is 6.04 Å². The van der Waals surface area contributed by atoms with Crippen molar-refractivity contribution in [2.24, 2.45) is 11.8 Å². The third-order valence-electron chi connectivity index (χ3n) is 4.09. The Morgan fingerprint density at radius 1 is 1.11 bits per heavy atom. The molecule has 0 radical (unpaired) electrons. The van der Waals surface area contributed by atoms with Gasteiger partial charge in [0.05, 0.1) is 0 Å². The van der Waals surface area contributed by atoms with E-state index >= 15 is 0 Å². The Labute approximate surface area is 120 Å². The monoisotopic (exact) mass is 245 g/mol. The van der Waals surface area contributed by atoms with E-state index in [1.807, 2.05) is 11.9 Å². The summed E-state index contributed by atoms with van der Waals surface area (Å²) in [6.45, 7) is 0. The number of amides is 1. The van der Waals surface area contributed by atoms with Crippen LogP contribution in [0.25, 0.3) is 0 Å². The standard InChI is InChI=1S/C13H21NO3.Li/c1-14(13(17)10-4-5-10)11-6-2-9(3-7-11)8-12(15)16;/h9-11H,2-8H2,1H3,(H,15,16);/q;+1/p-1/t9-,11-;. The van der Waals surface area contributed by atoms with E-state index in [2.05, 4.69) is 0 Å². The molecule has 0 aliphatic heterocycles. The van der Waals surface area contributed by atoms with Gasteiger partial charge in [0.2, 0.25) is 5.91 Å². The molecule has 0 aromatic heterocycles. The minimum Gasteiger partial charge on any atom is -0.550 e. The van der Waals surface area contributed by atoms with Gasteiger partial charge >= 0.3 is 18.9 Å². The van der Waals surface area contributed by atoms with Crippen molar-refractivity contribution < 1.29 is 33.6 Å². The smallest absolute Gasteiger partial charge is 0.550 e. The van der Waals surface area contributed by atoms with E-state index < -0.39 is 5.97 Å². The molecule has 0 atom stereocenters. The fourth-order valence-corrected chi connectivity index (χ4v) is 2.77. The van der Waals surface area contributed by atoms with Crippen molar-refractivity contribution in [2.45, 2.75) is 51.0 Å². The number of hydrogen-bond donors (Lipinski definition) is 0. The van der Waals surface area contributed by atoms with Crippen LogP contribution in [-0.4, -0.2) is 29.9 Å². The van der Waals surface area contributed by atoms with E-state index in [9.17, 15) is 14.7 Å². The first kappa shape index (κ1) is 15.6. The molecule has 2 aliphatic rings. The van der Waals surface area contributed by atoms with Crippen LogP contribution in [0.2, 0.25) is 0 Å². The topological polar surface area (TPSA) is 60.4 Å². The van der Waals surface area contributed by atoms with E-state index in [0.717, 1.165) is 38.5 Å². The average molecular weight is 245 g/mol. The molecule has 0 unspecified atom stereocenters. The molecule has 2 rings (SSSR count). The number of carboxylic acid groups (broad SMARTS) is 1. The molecule has 1 amide bonds. The van der Waals surface area contributed by atoms with Crippen molar-refractivity contribution in [1.82, 2.24) is 4.90 Å². The molecule has 0 heterocycles. The van der Waals surface area contributed by atoms with Gasteiger partial charge in [-0.1, -0.05) is 0 Å². The summed E-state index contributed by atoms with van der Waals surface area (Å²) in [7, 11) is 1.89. The van der Waals surface area contributed by atoms with Gasteiger partial charge in [-0.3, -0.25) is 4.79 Å². The first-order valence-corrected chi connectivity index (χ1v) is 6.54. The molecule has 2 saturated carbocycles. The summed E-state index contributed by atoms with van der Waals surface area (Å²) in [6.07, 6.45) is 5.95. The predicted molar refractivity (Wildman–Crippen MR) is 60.9 cm³/mol. The summed E-state index contributed by atoms with van der Waals surface area (Å²) in [6, 6.07) is 0.320. The number of nitrogens with zero attached hydrogens (tertiary/aromatic N) is 1. The third-order valence-corrected chi connectivity index (χ3v) is 4.09. The molecule has 96 valence electrons. The molecule has 4 nitrogen and oxygen atoms in total. The molecule has 0 N–H and O–H groups in total. The van der Waals surface area contributed by atoms with Gasteiger partial charge in [0, 0.05) is 25.0 Å². The quantitative estimate of drug-likeness (QED) is 0.517. The Hall–Kier alpha value is -0.463. The Bertz CT molecular complexity index is 309. The van der Waals surface area contributed by atoms with Gasteiger partial charge in [-0.15, -0.1) is 0 Å².